The maximum Gasteiger partial charge on any atom is 0.0543 e. The summed E-state index contributed by atoms with van der Waals surface area (Å²) in [6, 6.07) is 0. The Balaban J connectivity index is 0.00000110. The molecule has 1 aliphatic carbocycles. The second kappa shape index (κ2) is 12.4. The highest BCUT2D eigenvalue weighted by atomic mass is 16.5. The topological polar surface area (TPSA) is 9.23 Å². The van der Waals surface area contributed by atoms with Gasteiger partial charge in [-0.15, -0.1) is 0 Å². The number of hydrogen-bond acceptors (Lipinski definition) is 1. The fourth-order valence-electron chi connectivity index (χ4n) is 2.54. The van der Waals surface area contributed by atoms with E-state index in [0.29, 0.717) is 12.0 Å². The van der Waals surface area contributed by atoms with Crippen molar-refractivity contribution in [2.75, 3.05) is 7.11 Å². The molecule has 0 amide bonds. The van der Waals surface area contributed by atoms with Crippen LogP contribution in [0.1, 0.15) is 79.6 Å². The first kappa shape index (κ1) is 19.7. The zero-order chi connectivity index (χ0) is 15.4. The fraction of sp³-hybridized carbons (Fsp3) is 0.895. The predicted octanol–water partition coefficient (Wildman–Crippen LogP) is 6.24. The Kier molecular flexibility index (Phi) is 12.3. The van der Waals surface area contributed by atoms with E-state index in [-0.39, 0.29) is 0 Å². The Morgan fingerprint density at radius 2 is 1.60 bits per heavy atom. The Morgan fingerprint density at radius 1 is 1.05 bits per heavy atom. The molecule has 1 saturated carbocycles. The summed E-state index contributed by atoms with van der Waals surface area (Å²) in [6.07, 6.45) is 14.6. The summed E-state index contributed by atoms with van der Waals surface area (Å²) in [4.78, 5) is 0. The van der Waals surface area contributed by atoms with Gasteiger partial charge in [-0.25, -0.2) is 0 Å². The number of methoxy groups -OCH3 is 1. The molecule has 120 valence electrons. The molecular weight excluding hydrogens is 244 g/mol. The summed E-state index contributed by atoms with van der Waals surface area (Å²) in [6.45, 7) is 11.1. The molecule has 2 atom stereocenters. The summed E-state index contributed by atoms with van der Waals surface area (Å²) in [5, 5.41) is 0. The summed E-state index contributed by atoms with van der Waals surface area (Å²) in [5.74, 6) is 2.51. The lowest BCUT2D eigenvalue weighted by Gasteiger charge is -2.24. The van der Waals surface area contributed by atoms with E-state index in [9.17, 15) is 0 Å². The highest BCUT2D eigenvalue weighted by Gasteiger charge is 2.15. The molecule has 1 aliphatic rings. The molecule has 1 rings (SSSR count). The van der Waals surface area contributed by atoms with Crippen molar-refractivity contribution in [1.29, 1.82) is 0 Å². The number of hydrogen-bond donors (Lipinski definition) is 0. The lowest BCUT2D eigenvalue weighted by atomic mass is 9.82. The minimum Gasteiger partial charge on any atom is -0.382 e. The van der Waals surface area contributed by atoms with Crippen LogP contribution in [-0.2, 0) is 4.74 Å². The molecule has 0 heterocycles. The Labute approximate surface area is 128 Å². The SMILES string of the molecule is CCC.COC(C)CCC(C)/C=C/C1CCC(C)CC1. The van der Waals surface area contributed by atoms with Gasteiger partial charge in [0, 0.05) is 7.11 Å². The summed E-state index contributed by atoms with van der Waals surface area (Å²) >= 11 is 0. The molecule has 0 radical (unpaired) electrons. The molecule has 0 aliphatic heterocycles. The van der Waals surface area contributed by atoms with Gasteiger partial charge in [0.15, 0.2) is 0 Å². The molecule has 2 unspecified atom stereocenters. The van der Waals surface area contributed by atoms with Crippen LogP contribution in [-0.4, -0.2) is 13.2 Å². The highest BCUT2D eigenvalue weighted by molar-refractivity contribution is 4.93. The average Bonchev–Trinajstić information content (AvgIpc) is 2.45. The van der Waals surface area contributed by atoms with Crippen LogP contribution in [0.3, 0.4) is 0 Å². The van der Waals surface area contributed by atoms with Gasteiger partial charge >= 0.3 is 0 Å². The van der Waals surface area contributed by atoms with E-state index < -0.39 is 0 Å². The molecule has 0 spiro atoms. The van der Waals surface area contributed by atoms with Crippen molar-refractivity contribution in [3.05, 3.63) is 12.2 Å². The second-order valence-corrected chi connectivity index (χ2v) is 6.71. The fourth-order valence-corrected chi connectivity index (χ4v) is 2.54. The lowest BCUT2D eigenvalue weighted by Crippen LogP contribution is -2.10. The van der Waals surface area contributed by atoms with Gasteiger partial charge in [-0.2, -0.15) is 0 Å². The van der Waals surface area contributed by atoms with Crippen molar-refractivity contribution < 1.29 is 4.74 Å². The smallest absolute Gasteiger partial charge is 0.0543 e. The van der Waals surface area contributed by atoms with E-state index in [0.717, 1.165) is 11.8 Å². The standard InChI is InChI=1S/C16H30O.C3H8/c1-13(5-9-15(3)17-4)6-10-16-11-7-14(2)8-12-16;1-3-2/h6,10,13-16H,5,7-9,11-12H2,1-4H3;3H2,1-2H3/b10-6+;. The van der Waals surface area contributed by atoms with Crippen LogP contribution >= 0.6 is 0 Å². The quantitative estimate of drug-likeness (QED) is 0.524. The predicted molar refractivity (Wildman–Crippen MR) is 91.1 cm³/mol. The number of allylic oxidation sites excluding steroid dienone is 2. The molecule has 0 N–H and O–H groups in total. The molecule has 1 nitrogen and oxygen atoms in total. The molecule has 0 aromatic heterocycles. The van der Waals surface area contributed by atoms with E-state index >= 15 is 0 Å². The van der Waals surface area contributed by atoms with Gasteiger partial charge in [-0.05, 0) is 50.4 Å². The number of rotatable bonds is 6. The van der Waals surface area contributed by atoms with Gasteiger partial charge in [0.2, 0.25) is 0 Å². The van der Waals surface area contributed by atoms with E-state index in [1.54, 1.807) is 7.11 Å². The molecule has 0 aromatic carbocycles. The Morgan fingerprint density at radius 3 is 2.10 bits per heavy atom. The third-order valence-corrected chi connectivity index (χ3v) is 4.20. The summed E-state index contributed by atoms with van der Waals surface area (Å²) in [5.41, 5.74) is 0. The van der Waals surface area contributed by atoms with Crippen molar-refractivity contribution in [3.63, 3.8) is 0 Å². The maximum atomic E-state index is 5.28. The van der Waals surface area contributed by atoms with Gasteiger partial charge in [-0.1, -0.05) is 59.1 Å². The van der Waals surface area contributed by atoms with Gasteiger partial charge in [0.25, 0.3) is 0 Å². The van der Waals surface area contributed by atoms with Crippen LogP contribution in [0.4, 0.5) is 0 Å². The van der Waals surface area contributed by atoms with Crippen LogP contribution < -0.4 is 0 Å². The average molecular weight is 283 g/mol. The van der Waals surface area contributed by atoms with E-state index in [1.165, 1.54) is 44.9 Å². The van der Waals surface area contributed by atoms with Crippen LogP contribution in [0.25, 0.3) is 0 Å². The minimum absolute atomic E-state index is 0.404. The normalized spacial score (nSPS) is 25.9. The van der Waals surface area contributed by atoms with Crippen LogP contribution in [0.2, 0.25) is 0 Å². The zero-order valence-corrected chi connectivity index (χ0v) is 14.8. The molecule has 0 saturated heterocycles. The molecule has 1 heteroatoms. The molecule has 1 fully saturated rings. The molecule has 0 bridgehead atoms. The zero-order valence-electron chi connectivity index (χ0n) is 14.8. The lowest BCUT2D eigenvalue weighted by molar-refractivity contribution is 0.107. The van der Waals surface area contributed by atoms with Crippen molar-refractivity contribution in [2.45, 2.75) is 85.7 Å². The Hall–Kier alpha value is -0.300. The Bertz CT molecular complexity index is 226. The largest absolute Gasteiger partial charge is 0.382 e. The van der Waals surface area contributed by atoms with Crippen LogP contribution in [0, 0.1) is 17.8 Å². The summed E-state index contributed by atoms with van der Waals surface area (Å²) in [7, 11) is 1.80. The third kappa shape index (κ3) is 10.5. The first-order valence-corrected chi connectivity index (χ1v) is 8.74. The van der Waals surface area contributed by atoms with Crippen molar-refractivity contribution in [1.82, 2.24) is 0 Å². The third-order valence-electron chi connectivity index (χ3n) is 4.20. The first-order valence-electron chi connectivity index (χ1n) is 8.74. The van der Waals surface area contributed by atoms with Gasteiger partial charge in [-0.3, -0.25) is 0 Å². The van der Waals surface area contributed by atoms with Crippen molar-refractivity contribution in [2.24, 2.45) is 17.8 Å². The number of ether oxygens (including phenoxy) is 1. The van der Waals surface area contributed by atoms with E-state index in [4.69, 9.17) is 4.74 Å². The van der Waals surface area contributed by atoms with Crippen LogP contribution in [0.15, 0.2) is 12.2 Å². The van der Waals surface area contributed by atoms with Gasteiger partial charge in [0.1, 0.15) is 0 Å². The minimum atomic E-state index is 0.404. The highest BCUT2D eigenvalue weighted by Crippen LogP contribution is 2.29. The van der Waals surface area contributed by atoms with E-state index in [2.05, 4.69) is 46.8 Å². The van der Waals surface area contributed by atoms with Crippen molar-refractivity contribution >= 4 is 0 Å². The van der Waals surface area contributed by atoms with Crippen LogP contribution in [0.5, 0.6) is 0 Å². The monoisotopic (exact) mass is 282 g/mol. The first-order chi connectivity index (χ1) is 9.53. The van der Waals surface area contributed by atoms with Gasteiger partial charge in [0.05, 0.1) is 6.10 Å². The van der Waals surface area contributed by atoms with Crippen molar-refractivity contribution in [3.8, 4) is 0 Å². The molecule has 0 aromatic rings. The summed E-state index contributed by atoms with van der Waals surface area (Å²) < 4.78 is 5.28. The molecular formula is C19H38O. The molecule has 20 heavy (non-hydrogen) atoms. The van der Waals surface area contributed by atoms with Gasteiger partial charge < -0.3 is 4.74 Å². The second-order valence-electron chi connectivity index (χ2n) is 6.71. The van der Waals surface area contributed by atoms with E-state index in [1.807, 2.05) is 0 Å². The maximum absolute atomic E-state index is 5.28.